The zero-order chi connectivity index (χ0) is 22.1. The molecular formula is C20H23Cl2FN6O2. The number of nitrogens with one attached hydrogen (secondary N) is 1. The molecule has 3 heterocycles. The minimum atomic E-state index is -0.721. The number of amides is 1. The molecule has 3 atom stereocenters. The zero-order valence-corrected chi connectivity index (χ0v) is 18.2. The highest BCUT2D eigenvalue weighted by atomic mass is 35.5. The molecule has 0 radical (unpaired) electrons. The smallest absolute Gasteiger partial charge is 0.245 e. The number of piperidine rings is 2. The molecule has 4 N–H and O–H groups in total. The molecule has 2 aliphatic heterocycles. The van der Waals surface area contributed by atoms with Crippen molar-refractivity contribution in [1.29, 1.82) is 0 Å². The van der Waals surface area contributed by atoms with Crippen LogP contribution in [-0.4, -0.2) is 63.7 Å². The van der Waals surface area contributed by atoms with E-state index in [2.05, 4.69) is 15.3 Å². The Kier molecular flexibility index (Phi) is 6.36. The third-order valence-electron chi connectivity index (χ3n) is 5.72. The minimum Gasteiger partial charge on any atom is -0.391 e. The monoisotopic (exact) mass is 468 g/mol. The number of likely N-dealkylation sites (tertiary alicyclic amines) is 1. The van der Waals surface area contributed by atoms with Crippen molar-refractivity contribution >= 4 is 46.4 Å². The zero-order valence-electron chi connectivity index (χ0n) is 16.6. The Morgan fingerprint density at radius 2 is 1.90 bits per heavy atom. The molecule has 1 aromatic carbocycles. The van der Waals surface area contributed by atoms with Crippen LogP contribution < -0.4 is 16.0 Å². The van der Waals surface area contributed by atoms with Crippen LogP contribution in [0.1, 0.15) is 19.3 Å². The molecule has 1 amide bonds. The van der Waals surface area contributed by atoms with Gasteiger partial charge in [-0.25, -0.2) is 9.97 Å². The molecule has 0 aliphatic carbocycles. The van der Waals surface area contributed by atoms with Crippen molar-refractivity contribution in [3.63, 3.8) is 0 Å². The highest BCUT2D eigenvalue weighted by Crippen LogP contribution is 2.29. The van der Waals surface area contributed by atoms with E-state index in [1.807, 2.05) is 0 Å². The SMILES string of the molecule is Nc1ncnc(N2CCC(O)C(N3CCCC(Nc4cc(Cl)cc(Cl)c4)C3=O)C2)c1F. The predicted octanol–water partition coefficient (Wildman–Crippen LogP) is 2.55. The number of carbonyl (C=O) groups is 1. The first-order chi connectivity index (χ1) is 14.8. The second-order valence-corrected chi connectivity index (χ2v) is 8.67. The van der Waals surface area contributed by atoms with E-state index in [9.17, 15) is 14.3 Å². The lowest BCUT2D eigenvalue weighted by molar-refractivity contribution is -0.140. The van der Waals surface area contributed by atoms with E-state index in [0.717, 1.165) is 6.42 Å². The molecule has 1 aromatic heterocycles. The van der Waals surface area contributed by atoms with Crippen molar-refractivity contribution in [2.24, 2.45) is 0 Å². The number of nitrogen functional groups attached to an aromatic ring is 1. The summed E-state index contributed by atoms with van der Waals surface area (Å²) in [4.78, 5) is 24.3. The molecule has 31 heavy (non-hydrogen) atoms. The van der Waals surface area contributed by atoms with E-state index in [1.54, 1.807) is 28.0 Å². The summed E-state index contributed by atoms with van der Waals surface area (Å²) in [6.45, 7) is 1.16. The van der Waals surface area contributed by atoms with E-state index in [-0.39, 0.29) is 24.1 Å². The van der Waals surface area contributed by atoms with Gasteiger partial charge in [-0.2, -0.15) is 4.39 Å². The second-order valence-electron chi connectivity index (χ2n) is 7.79. The fraction of sp³-hybridized carbons (Fsp3) is 0.450. The Bertz CT molecular complexity index is 960. The Balaban J connectivity index is 1.51. The van der Waals surface area contributed by atoms with Crippen LogP contribution in [-0.2, 0) is 4.79 Å². The maximum Gasteiger partial charge on any atom is 0.245 e. The summed E-state index contributed by atoms with van der Waals surface area (Å²) in [5.74, 6) is -0.973. The number of aliphatic hydroxyl groups is 1. The first kappa shape index (κ1) is 21.9. The van der Waals surface area contributed by atoms with Crippen molar-refractivity contribution in [3.8, 4) is 0 Å². The molecule has 0 saturated carbocycles. The van der Waals surface area contributed by atoms with Gasteiger partial charge in [-0.1, -0.05) is 23.2 Å². The Morgan fingerprint density at radius 1 is 1.16 bits per heavy atom. The van der Waals surface area contributed by atoms with Crippen LogP contribution in [0.25, 0.3) is 0 Å². The van der Waals surface area contributed by atoms with Crippen molar-refractivity contribution in [1.82, 2.24) is 14.9 Å². The normalized spacial score (nSPS) is 24.4. The molecule has 4 rings (SSSR count). The number of hydrogen-bond acceptors (Lipinski definition) is 7. The van der Waals surface area contributed by atoms with E-state index in [4.69, 9.17) is 28.9 Å². The molecule has 166 valence electrons. The van der Waals surface area contributed by atoms with Crippen molar-refractivity contribution in [3.05, 3.63) is 40.4 Å². The number of aliphatic hydroxyl groups excluding tert-OH is 1. The molecule has 2 saturated heterocycles. The molecule has 8 nitrogen and oxygen atoms in total. The number of hydrogen-bond donors (Lipinski definition) is 3. The maximum absolute atomic E-state index is 14.4. The van der Waals surface area contributed by atoms with Gasteiger partial charge in [0.05, 0.1) is 12.1 Å². The minimum absolute atomic E-state index is 0.0807. The molecule has 0 spiro atoms. The van der Waals surface area contributed by atoms with Gasteiger partial charge in [0, 0.05) is 35.4 Å². The molecular weight excluding hydrogens is 446 g/mol. The van der Waals surface area contributed by atoms with Gasteiger partial charge < -0.3 is 26.0 Å². The van der Waals surface area contributed by atoms with Crippen molar-refractivity contribution < 1.29 is 14.3 Å². The van der Waals surface area contributed by atoms with Gasteiger partial charge in [-0.15, -0.1) is 0 Å². The number of halogens is 3. The molecule has 0 bridgehead atoms. The predicted molar refractivity (Wildman–Crippen MR) is 118 cm³/mol. The molecule has 2 aromatic rings. The van der Waals surface area contributed by atoms with Gasteiger partial charge in [-0.3, -0.25) is 4.79 Å². The van der Waals surface area contributed by atoms with Gasteiger partial charge >= 0.3 is 0 Å². The van der Waals surface area contributed by atoms with Crippen molar-refractivity contribution in [2.75, 3.05) is 35.6 Å². The van der Waals surface area contributed by atoms with Gasteiger partial charge in [0.2, 0.25) is 11.7 Å². The van der Waals surface area contributed by atoms with Crippen LogP contribution in [0.15, 0.2) is 24.5 Å². The second kappa shape index (κ2) is 9.02. The van der Waals surface area contributed by atoms with E-state index >= 15 is 0 Å². The lowest BCUT2D eigenvalue weighted by Gasteiger charge is -2.45. The maximum atomic E-state index is 14.4. The Labute approximate surface area is 189 Å². The summed E-state index contributed by atoms with van der Waals surface area (Å²) in [5.41, 5.74) is 6.23. The van der Waals surface area contributed by atoms with Crippen LogP contribution in [0.3, 0.4) is 0 Å². The average molecular weight is 469 g/mol. The first-order valence-corrected chi connectivity index (χ1v) is 10.8. The molecule has 11 heteroatoms. The fourth-order valence-corrected chi connectivity index (χ4v) is 4.74. The first-order valence-electron chi connectivity index (χ1n) is 10.1. The van der Waals surface area contributed by atoms with Crippen LogP contribution >= 0.6 is 23.2 Å². The Morgan fingerprint density at radius 3 is 2.65 bits per heavy atom. The number of rotatable bonds is 4. The van der Waals surface area contributed by atoms with E-state index in [0.29, 0.717) is 41.7 Å². The topological polar surface area (TPSA) is 108 Å². The van der Waals surface area contributed by atoms with Crippen LogP contribution in [0.4, 0.5) is 21.7 Å². The number of aromatic nitrogens is 2. The van der Waals surface area contributed by atoms with Crippen LogP contribution in [0.5, 0.6) is 0 Å². The highest BCUT2D eigenvalue weighted by Gasteiger charge is 2.40. The summed E-state index contributed by atoms with van der Waals surface area (Å²) in [5, 5.41) is 14.8. The number of benzene rings is 1. The average Bonchev–Trinajstić information content (AvgIpc) is 2.72. The number of nitrogens with zero attached hydrogens (tertiary/aromatic N) is 4. The highest BCUT2D eigenvalue weighted by molar-refractivity contribution is 6.35. The standard InChI is InChI=1S/C20H23Cl2FN6O2/c21-11-6-12(22)8-13(7-11)27-14-2-1-4-29(20(14)31)15-9-28(5-3-16(15)30)19-17(23)18(24)25-10-26-19/h6-8,10,14-16,27,30H,1-5,9H2,(H2,24,25,26). The van der Waals surface area contributed by atoms with Crippen molar-refractivity contribution in [2.45, 2.75) is 37.5 Å². The quantitative estimate of drug-likeness (QED) is 0.632. The fourth-order valence-electron chi connectivity index (χ4n) is 4.21. The van der Waals surface area contributed by atoms with Gasteiger partial charge in [-0.05, 0) is 37.5 Å². The lowest BCUT2D eigenvalue weighted by Crippen LogP contribution is -2.61. The largest absolute Gasteiger partial charge is 0.391 e. The lowest BCUT2D eigenvalue weighted by atomic mass is 9.95. The molecule has 2 aliphatic rings. The summed E-state index contributed by atoms with van der Waals surface area (Å²) in [6.07, 6.45) is 2.26. The summed E-state index contributed by atoms with van der Waals surface area (Å²) in [7, 11) is 0. The van der Waals surface area contributed by atoms with Gasteiger partial charge in [0.25, 0.3) is 0 Å². The van der Waals surface area contributed by atoms with E-state index in [1.165, 1.54) is 6.33 Å². The molecule has 3 unspecified atom stereocenters. The number of nitrogens with two attached hydrogens (primary N) is 1. The molecule has 2 fully saturated rings. The van der Waals surface area contributed by atoms with Gasteiger partial charge in [0.15, 0.2) is 11.6 Å². The number of carbonyl (C=O) groups excluding carboxylic acids is 1. The van der Waals surface area contributed by atoms with Crippen LogP contribution in [0.2, 0.25) is 10.0 Å². The van der Waals surface area contributed by atoms with E-state index < -0.39 is 24.0 Å². The van der Waals surface area contributed by atoms with Gasteiger partial charge in [0.1, 0.15) is 12.4 Å². The third kappa shape index (κ3) is 4.63. The number of anilines is 3. The Hall–Kier alpha value is -2.36. The summed E-state index contributed by atoms with van der Waals surface area (Å²) >= 11 is 12.1. The third-order valence-corrected chi connectivity index (χ3v) is 6.16. The summed E-state index contributed by atoms with van der Waals surface area (Å²) < 4.78 is 14.4. The van der Waals surface area contributed by atoms with Crippen LogP contribution in [0, 0.1) is 5.82 Å². The summed E-state index contributed by atoms with van der Waals surface area (Å²) in [6, 6.07) is 4.06.